The van der Waals surface area contributed by atoms with Gasteiger partial charge in [-0.1, -0.05) is 53.5 Å². The summed E-state index contributed by atoms with van der Waals surface area (Å²) in [5.41, 5.74) is 6.92. The minimum absolute atomic E-state index is 0.0252. The topological polar surface area (TPSA) is 261 Å². The Kier molecular flexibility index (Phi) is 19.2. The molecule has 14 rings (SSSR count). The minimum atomic E-state index is -1.02. The van der Waals surface area contributed by atoms with Crippen LogP contribution in [0.3, 0.4) is 0 Å². The van der Waals surface area contributed by atoms with Crippen molar-refractivity contribution in [3.05, 3.63) is 195 Å². The molecule has 6 aliphatic heterocycles. The van der Waals surface area contributed by atoms with Crippen molar-refractivity contribution >= 4 is 126 Å². The van der Waals surface area contributed by atoms with E-state index in [0.29, 0.717) is 142 Å². The molecule has 4 amide bonds. The molecule has 0 aliphatic carbocycles. The number of hydrogen-bond acceptors (Lipinski definition) is 22. The molecule has 97 heavy (non-hydrogen) atoms. The van der Waals surface area contributed by atoms with Crippen molar-refractivity contribution in [1.29, 1.82) is 0 Å². The van der Waals surface area contributed by atoms with Gasteiger partial charge in [0.05, 0.1) is 67.5 Å². The van der Waals surface area contributed by atoms with Crippen LogP contribution in [0.25, 0.3) is 22.5 Å². The first kappa shape index (κ1) is 66.4. The second-order valence-corrected chi connectivity index (χ2v) is 27.6. The Labute approximate surface area is 579 Å². The summed E-state index contributed by atoms with van der Waals surface area (Å²) in [5.74, 6) is -2.32. The van der Waals surface area contributed by atoms with Gasteiger partial charge in [0.15, 0.2) is 37.7 Å². The molecule has 4 saturated heterocycles. The van der Waals surface area contributed by atoms with Crippen molar-refractivity contribution in [2.45, 2.75) is 38.0 Å². The summed E-state index contributed by atoms with van der Waals surface area (Å²) in [6.07, 6.45) is 3.32. The number of fused-ring (bicyclic) bond motifs is 2. The highest BCUT2D eigenvalue weighted by atomic mass is 35.5. The number of nitrogens with one attached hydrogen (secondary N) is 2. The number of aromatic carboxylic acids is 1. The number of benzene rings is 4. The smallest absolute Gasteiger partial charge is 0.338 e. The third-order valence-electron chi connectivity index (χ3n) is 17.1. The molecule has 0 saturated carbocycles. The maximum atomic E-state index is 14.0. The van der Waals surface area contributed by atoms with Crippen LogP contribution in [0.5, 0.6) is 0 Å². The third kappa shape index (κ3) is 13.8. The fourth-order valence-corrected chi connectivity index (χ4v) is 15.9. The van der Waals surface area contributed by atoms with Crippen molar-refractivity contribution in [1.82, 2.24) is 50.2 Å². The van der Waals surface area contributed by atoms with E-state index >= 15 is 0 Å². The van der Waals surface area contributed by atoms with Crippen molar-refractivity contribution < 1.29 is 52.1 Å². The van der Waals surface area contributed by atoms with E-state index in [0.717, 1.165) is 11.1 Å². The van der Waals surface area contributed by atoms with Crippen LogP contribution in [0, 0.1) is 18.6 Å². The Morgan fingerprint density at radius 3 is 1.55 bits per heavy atom. The van der Waals surface area contributed by atoms with Crippen molar-refractivity contribution in [2.24, 2.45) is 9.98 Å². The number of aryl methyl sites for hydroxylation is 1. The molecule has 4 aromatic carbocycles. The normalized spacial score (nSPS) is 19.6. The molecule has 10 heterocycles. The third-order valence-corrected chi connectivity index (χ3v) is 21.1. The fourth-order valence-electron chi connectivity index (χ4n) is 12.5. The standard InChI is InChI=1S/C33H29ClFN7O5S2.C33H29ClFN7O4S2/c1-17-9-18(11-19(10-17)30(43)44)25-16-49-32(38-25)42-14-21-13-40(6-7-41(21)33(42)46)15-24-26(31(45)47-2)27(22-4-3-20(35)12-23(22)34)39-28(37-24)29-36-5-8-48-29;1-18(43)19-4-3-5-20(12-19)26-17-48-32(38-26)42-15-22-14-40(9-10-41(22)33(42)45)16-25-27(31(44)46-2)28(23-7-6-21(35)13-24(23)34)39-29(37-25)30-36-8-11-47-30/h3-5,8-12,16,21,27H,6-7,13-15H2,1-2H3,(H,37,39)(H,43,44);3-8,11-13,17,22,28H,9-10,14-16H2,1-2H3,(H,37,39)/t21-,27-;22-,28-/m00/s1. The van der Waals surface area contributed by atoms with E-state index in [2.05, 4.69) is 30.4 Å². The summed E-state index contributed by atoms with van der Waals surface area (Å²) in [6, 6.07) is 18.1. The zero-order valence-corrected chi connectivity index (χ0v) is 56.9. The highest BCUT2D eigenvalue weighted by molar-refractivity contribution is 7.14. The SMILES string of the molecule is COC(=O)C1=C(CN2CCN3C(=O)N(c4nc(-c5cc(C)cc(C(=O)O)c5)cs4)C[C@@H]3C2)NC(c2nccs2)=N[C@H]1c1ccc(F)cc1Cl.COC(=O)C1=C(CN2CCN3C(=O)N(c4nc(-c5cccc(C(C)=O)c5)cs4)C[C@@H]3C2)NC(c2nccs2)=N[C@H]1c1ccc(F)cc1Cl. The number of piperazine rings is 2. The summed E-state index contributed by atoms with van der Waals surface area (Å²) in [6.45, 7) is 7.96. The number of methoxy groups -OCH3 is 2. The van der Waals surface area contributed by atoms with Crippen molar-refractivity contribution in [3.63, 3.8) is 0 Å². The summed E-state index contributed by atoms with van der Waals surface area (Å²) >= 11 is 18.5. The van der Waals surface area contributed by atoms with Crippen LogP contribution in [0.15, 0.2) is 145 Å². The Morgan fingerprint density at radius 1 is 0.619 bits per heavy atom. The number of carbonyl (C=O) groups excluding carboxylic acids is 5. The fraction of sp³-hybridized carbons (Fsp3) is 0.273. The van der Waals surface area contributed by atoms with Crippen LogP contribution in [0.1, 0.15) is 66.4 Å². The molecule has 0 radical (unpaired) electrons. The second kappa shape index (κ2) is 28.1. The van der Waals surface area contributed by atoms with Gasteiger partial charge >= 0.3 is 30.0 Å². The molecule has 4 aromatic heterocycles. The number of amidine groups is 2. The number of carbonyl (C=O) groups is 6. The maximum absolute atomic E-state index is 14.0. The minimum Gasteiger partial charge on any atom is -0.478 e. The predicted molar refractivity (Wildman–Crippen MR) is 366 cm³/mol. The molecule has 0 unspecified atom stereocenters. The number of Topliss-reactive ketones (excluding diaryl/α,β-unsaturated/α-hetero) is 1. The first-order chi connectivity index (χ1) is 46.8. The zero-order chi connectivity index (χ0) is 67.9. The van der Waals surface area contributed by atoms with Gasteiger partial charge in [-0.05, 0) is 67.9 Å². The van der Waals surface area contributed by atoms with Gasteiger partial charge in [-0.3, -0.25) is 34.4 Å². The molecule has 498 valence electrons. The maximum Gasteiger partial charge on any atom is 0.338 e. The van der Waals surface area contributed by atoms with Gasteiger partial charge < -0.3 is 35.0 Å². The molecule has 0 bridgehead atoms. The Balaban J connectivity index is 0.000000175. The Bertz CT molecular complexity index is 4580. The molecule has 4 fully saturated rings. The van der Waals surface area contributed by atoms with E-state index in [1.807, 2.05) is 62.5 Å². The van der Waals surface area contributed by atoms with Gasteiger partial charge in [0, 0.05) is 136 Å². The summed E-state index contributed by atoms with van der Waals surface area (Å²) < 4.78 is 38.5. The number of aliphatic imine (C=N–C) groups is 2. The number of ether oxygens (including phenoxy) is 2. The van der Waals surface area contributed by atoms with Gasteiger partial charge in [0.1, 0.15) is 23.7 Å². The predicted octanol–water partition coefficient (Wildman–Crippen LogP) is 10.6. The van der Waals surface area contributed by atoms with Crippen LogP contribution in [-0.2, 0) is 19.1 Å². The molecule has 0 spiro atoms. The van der Waals surface area contributed by atoms with Crippen molar-refractivity contribution in [3.8, 4) is 22.5 Å². The number of ketones is 1. The average Bonchev–Trinajstić information content (AvgIpc) is 1.53. The molecule has 31 heteroatoms. The van der Waals surface area contributed by atoms with Gasteiger partial charge in [0.25, 0.3) is 0 Å². The number of hydrogen-bond donors (Lipinski definition) is 3. The van der Waals surface area contributed by atoms with E-state index < -0.39 is 41.6 Å². The number of rotatable bonds is 16. The van der Waals surface area contributed by atoms with Crippen LogP contribution in [0.4, 0.5) is 28.6 Å². The van der Waals surface area contributed by atoms with Crippen LogP contribution in [0.2, 0.25) is 10.0 Å². The highest BCUT2D eigenvalue weighted by Gasteiger charge is 2.46. The van der Waals surface area contributed by atoms with Gasteiger partial charge in [-0.15, -0.1) is 45.3 Å². The number of urea groups is 2. The number of nitrogens with zero attached hydrogens (tertiary/aromatic N) is 12. The summed E-state index contributed by atoms with van der Waals surface area (Å²) in [7, 11) is 2.60. The Hall–Kier alpha value is -9.20. The van der Waals surface area contributed by atoms with Gasteiger partial charge in [0.2, 0.25) is 0 Å². The zero-order valence-electron chi connectivity index (χ0n) is 52.1. The Morgan fingerprint density at radius 2 is 1.10 bits per heavy atom. The van der Waals surface area contributed by atoms with E-state index in [4.69, 9.17) is 52.6 Å². The van der Waals surface area contributed by atoms with Crippen LogP contribution >= 0.6 is 68.5 Å². The number of halogens is 4. The molecule has 4 atom stereocenters. The van der Waals surface area contributed by atoms with Crippen molar-refractivity contribution in [2.75, 3.05) is 89.5 Å². The molecular weight excluding hydrogens is 1370 g/mol. The quantitative estimate of drug-likeness (QED) is 0.0600. The number of carboxylic acid groups (broad SMARTS) is 1. The number of amides is 4. The number of thiazole rings is 4. The molecule has 8 aromatic rings. The number of carboxylic acids is 1. The van der Waals surface area contributed by atoms with E-state index in [1.165, 1.54) is 103 Å². The second-order valence-electron chi connectivity index (χ2n) is 23.3. The lowest BCUT2D eigenvalue weighted by Crippen LogP contribution is -2.53. The summed E-state index contributed by atoms with van der Waals surface area (Å²) in [5, 5.41) is 26.1. The molecular formula is C66H58Cl2F2N14O9S4. The average molecular weight is 1430 g/mol. The van der Waals surface area contributed by atoms with E-state index in [1.54, 1.807) is 40.4 Å². The molecule has 6 aliphatic rings. The largest absolute Gasteiger partial charge is 0.478 e. The van der Waals surface area contributed by atoms with Gasteiger partial charge in [-0.25, -0.2) is 52.7 Å². The number of esters is 2. The number of anilines is 2. The van der Waals surface area contributed by atoms with Crippen LogP contribution in [-0.4, -0.2) is 184 Å². The number of aromatic nitrogens is 4. The molecule has 23 nitrogen and oxygen atoms in total. The monoisotopic (exact) mass is 1430 g/mol. The van der Waals surface area contributed by atoms with Gasteiger partial charge in [-0.2, -0.15) is 0 Å². The van der Waals surface area contributed by atoms with Crippen LogP contribution < -0.4 is 20.4 Å². The molecule has 3 N–H and O–H groups in total. The highest BCUT2D eigenvalue weighted by Crippen LogP contribution is 2.41. The van der Waals surface area contributed by atoms with E-state index in [9.17, 15) is 42.7 Å². The summed E-state index contributed by atoms with van der Waals surface area (Å²) in [4.78, 5) is 117. The first-order valence-corrected chi connectivity index (χ1v) is 34.6. The lowest BCUT2D eigenvalue weighted by atomic mass is 9.95. The lowest BCUT2D eigenvalue weighted by Gasteiger charge is -2.38. The lowest BCUT2D eigenvalue weighted by molar-refractivity contribution is -0.137. The van der Waals surface area contributed by atoms with E-state index in [-0.39, 0.29) is 56.7 Å². The first-order valence-electron chi connectivity index (χ1n) is 30.3.